The summed E-state index contributed by atoms with van der Waals surface area (Å²) in [4.78, 5) is 7.99. The van der Waals surface area contributed by atoms with E-state index in [1.165, 1.54) is 181 Å². The minimum Gasteiger partial charge on any atom is -0.304 e. The number of hydrogen-bond acceptors (Lipinski definition) is 3. The highest BCUT2D eigenvalue weighted by Gasteiger charge is 2.14. The summed E-state index contributed by atoms with van der Waals surface area (Å²) in [6, 6.07) is 0. The van der Waals surface area contributed by atoms with Crippen molar-refractivity contribution in [3.05, 3.63) is 0 Å². The quantitative estimate of drug-likeness (QED) is 0.0851. The summed E-state index contributed by atoms with van der Waals surface area (Å²) in [5.41, 5.74) is 0. The Kier molecular flexibility index (Phi) is 35.9. The molecular weight excluding hydrogens is 462 g/mol. The van der Waals surface area contributed by atoms with Crippen LogP contribution in [0.1, 0.15) is 156 Å². The largest absolute Gasteiger partial charge is 0.304 e. The maximum atomic E-state index is 4.00. The molecular formula is C35H73N3. The molecule has 1 heterocycles. The molecule has 0 atom stereocenters. The summed E-state index contributed by atoms with van der Waals surface area (Å²) in [5, 5.41) is 0. The van der Waals surface area contributed by atoms with Crippen molar-refractivity contribution < 1.29 is 0 Å². The van der Waals surface area contributed by atoms with Gasteiger partial charge in [-0.2, -0.15) is 0 Å². The Morgan fingerprint density at radius 3 is 1.13 bits per heavy atom. The Labute approximate surface area is 242 Å². The highest BCUT2D eigenvalue weighted by atomic mass is 15.3. The number of nitrogens with zero attached hydrogens (tertiary/aromatic N) is 3. The molecule has 1 fully saturated rings. The van der Waals surface area contributed by atoms with Crippen molar-refractivity contribution in [1.29, 1.82) is 0 Å². The molecule has 0 aromatic carbocycles. The third kappa shape index (κ3) is 28.4. The molecule has 0 aromatic rings. The van der Waals surface area contributed by atoms with Crippen LogP contribution >= 0.6 is 0 Å². The van der Waals surface area contributed by atoms with Gasteiger partial charge in [-0.1, -0.05) is 143 Å². The second kappa shape index (κ2) is 34.5. The van der Waals surface area contributed by atoms with E-state index >= 15 is 0 Å². The van der Waals surface area contributed by atoms with Gasteiger partial charge in [0.2, 0.25) is 0 Å². The standard InChI is InChI=1S/C31H65N3.C2H6.C2H2/c1-4-6-8-10-12-14-16-18-20-22-24-33(30-31-34-28-26-32(3)27-29-34)25-23-21-19-17-15-13-11-9-7-5-2;2*1-2/h4-31H2,1-3H3;1-2H3;1-2H. The molecule has 0 saturated carbocycles. The van der Waals surface area contributed by atoms with Crippen LogP contribution in [0.4, 0.5) is 0 Å². The van der Waals surface area contributed by atoms with Crippen LogP contribution in [0.2, 0.25) is 0 Å². The fourth-order valence-electron chi connectivity index (χ4n) is 5.34. The number of rotatable bonds is 25. The molecule has 0 bridgehead atoms. The summed E-state index contributed by atoms with van der Waals surface area (Å²) >= 11 is 0. The molecule has 0 aliphatic carbocycles. The highest BCUT2D eigenvalue weighted by molar-refractivity contribution is 4.71. The number of terminal acetylenes is 1. The molecule has 0 aromatic heterocycles. The second-order valence-electron chi connectivity index (χ2n) is 11.4. The van der Waals surface area contributed by atoms with E-state index in [9.17, 15) is 0 Å². The van der Waals surface area contributed by atoms with E-state index in [2.05, 4.69) is 48.4 Å². The highest BCUT2D eigenvalue weighted by Crippen LogP contribution is 2.13. The maximum Gasteiger partial charge on any atom is 0.0110 e. The first-order valence-corrected chi connectivity index (χ1v) is 17.2. The Bertz CT molecular complexity index is 404. The minimum atomic E-state index is 1.25. The summed E-state index contributed by atoms with van der Waals surface area (Å²) in [6.45, 7) is 18.9. The van der Waals surface area contributed by atoms with Crippen LogP contribution in [0.15, 0.2) is 0 Å². The molecule has 38 heavy (non-hydrogen) atoms. The molecule has 0 N–H and O–H groups in total. The third-order valence-corrected chi connectivity index (χ3v) is 7.98. The van der Waals surface area contributed by atoms with Gasteiger partial charge in [0.1, 0.15) is 0 Å². The Hall–Kier alpha value is -0.560. The van der Waals surface area contributed by atoms with Crippen molar-refractivity contribution in [1.82, 2.24) is 14.7 Å². The molecule has 0 radical (unpaired) electrons. The summed E-state index contributed by atoms with van der Waals surface area (Å²) in [5.74, 6) is 0. The predicted molar refractivity (Wildman–Crippen MR) is 175 cm³/mol. The van der Waals surface area contributed by atoms with Gasteiger partial charge >= 0.3 is 0 Å². The van der Waals surface area contributed by atoms with Gasteiger partial charge in [-0.05, 0) is 33.0 Å². The number of unbranched alkanes of at least 4 members (excludes halogenated alkanes) is 18. The molecule has 0 spiro atoms. The van der Waals surface area contributed by atoms with E-state index in [-0.39, 0.29) is 0 Å². The molecule has 1 aliphatic heterocycles. The molecule has 1 rings (SSSR count). The summed E-state index contributed by atoms with van der Waals surface area (Å²) in [6.07, 6.45) is 36.9. The smallest absolute Gasteiger partial charge is 0.0110 e. The average Bonchev–Trinajstić information content (AvgIpc) is 2.96. The lowest BCUT2D eigenvalue weighted by Crippen LogP contribution is -2.47. The summed E-state index contributed by atoms with van der Waals surface area (Å²) in [7, 11) is 2.26. The molecule has 1 saturated heterocycles. The lowest BCUT2D eigenvalue weighted by atomic mass is 10.1. The van der Waals surface area contributed by atoms with Crippen LogP contribution in [-0.2, 0) is 0 Å². The van der Waals surface area contributed by atoms with Crippen LogP contribution in [0.5, 0.6) is 0 Å². The Balaban J connectivity index is 0. The van der Waals surface area contributed by atoms with Gasteiger partial charge < -0.3 is 9.80 Å². The van der Waals surface area contributed by atoms with Crippen molar-refractivity contribution in [2.75, 3.05) is 59.4 Å². The zero-order valence-corrected chi connectivity index (χ0v) is 27.3. The lowest BCUT2D eigenvalue weighted by Gasteiger charge is -2.34. The predicted octanol–water partition coefficient (Wildman–Crippen LogP) is 9.65. The molecule has 228 valence electrons. The molecule has 3 heteroatoms. The second-order valence-corrected chi connectivity index (χ2v) is 11.4. The van der Waals surface area contributed by atoms with Gasteiger partial charge in [-0.15, -0.1) is 12.8 Å². The first kappa shape index (κ1) is 39.6. The molecule has 1 aliphatic rings. The monoisotopic (exact) mass is 536 g/mol. The number of piperazine rings is 1. The van der Waals surface area contributed by atoms with Crippen LogP contribution in [0, 0.1) is 12.8 Å². The number of likely N-dealkylation sites (N-methyl/N-ethyl adjacent to an activating group) is 1. The van der Waals surface area contributed by atoms with Gasteiger partial charge in [-0.25, -0.2) is 0 Å². The first-order chi connectivity index (χ1) is 18.8. The van der Waals surface area contributed by atoms with Crippen LogP contribution < -0.4 is 0 Å². The molecule has 3 nitrogen and oxygen atoms in total. The maximum absolute atomic E-state index is 4.00. The van der Waals surface area contributed by atoms with Crippen molar-refractivity contribution in [3.63, 3.8) is 0 Å². The lowest BCUT2D eigenvalue weighted by molar-refractivity contribution is 0.133. The van der Waals surface area contributed by atoms with Crippen LogP contribution in [-0.4, -0.2) is 74.1 Å². The van der Waals surface area contributed by atoms with Crippen molar-refractivity contribution in [3.8, 4) is 12.8 Å². The van der Waals surface area contributed by atoms with Gasteiger partial charge in [0.25, 0.3) is 0 Å². The van der Waals surface area contributed by atoms with E-state index in [1.807, 2.05) is 13.8 Å². The fourth-order valence-corrected chi connectivity index (χ4v) is 5.34. The Morgan fingerprint density at radius 1 is 0.474 bits per heavy atom. The average molecular weight is 536 g/mol. The van der Waals surface area contributed by atoms with Crippen molar-refractivity contribution in [2.24, 2.45) is 0 Å². The molecule has 0 unspecified atom stereocenters. The van der Waals surface area contributed by atoms with E-state index < -0.39 is 0 Å². The van der Waals surface area contributed by atoms with E-state index in [0.717, 1.165) is 0 Å². The van der Waals surface area contributed by atoms with Gasteiger partial charge in [-0.3, -0.25) is 4.90 Å². The van der Waals surface area contributed by atoms with E-state index in [0.29, 0.717) is 0 Å². The van der Waals surface area contributed by atoms with Gasteiger partial charge in [0.15, 0.2) is 0 Å². The zero-order valence-electron chi connectivity index (χ0n) is 27.3. The number of hydrogen-bond donors (Lipinski definition) is 0. The van der Waals surface area contributed by atoms with Crippen LogP contribution in [0.25, 0.3) is 0 Å². The summed E-state index contributed by atoms with van der Waals surface area (Å²) < 4.78 is 0. The SMILES string of the molecule is C#C.CC.CCCCCCCCCCCCN(CCCCCCCCCCCC)CCN1CCN(C)CC1. The zero-order chi connectivity index (χ0) is 28.5. The molecule has 0 amide bonds. The van der Waals surface area contributed by atoms with Gasteiger partial charge in [0.05, 0.1) is 0 Å². The first-order valence-electron chi connectivity index (χ1n) is 17.2. The van der Waals surface area contributed by atoms with E-state index in [4.69, 9.17) is 0 Å². The van der Waals surface area contributed by atoms with Gasteiger partial charge in [0, 0.05) is 39.3 Å². The van der Waals surface area contributed by atoms with E-state index in [1.54, 1.807) is 0 Å². The van der Waals surface area contributed by atoms with Crippen LogP contribution in [0.3, 0.4) is 0 Å². The third-order valence-electron chi connectivity index (χ3n) is 7.98. The minimum absolute atomic E-state index is 1.25. The fraction of sp³-hybridized carbons (Fsp3) is 0.943. The normalized spacial score (nSPS) is 14.1. The van der Waals surface area contributed by atoms with Crippen molar-refractivity contribution in [2.45, 2.75) is 156 Å². The van der Waals surface area contributed by atoms with Crippen molar-refractivity contribution >= 4 is 0 Å². The Morgan fingerprint density at radius 2 is 0.789 bits per heavy atom. The topological polar surface area (TPSA) is 9.72 Å².